The summed E-state index contributed by atoms with van der Waals surface area (Å²) in [7, 11) is 0. The van der Waals surface area contributed by atoms with Crippen LogP contribution in [0.5, 0.6) is 0 Å². The lowest BCUT2D eigenvalue weighted by Crippen LogP contribution is -2.33. The molecule has 5 nitrogen and oxygen atoms in total. The number of anilines is 1. The Morgan fingerprint density at radius 3 is 3.07 bits per heavy atom. The molecule has 1 aliphatic carbocycles. The van der Waals surface area contributed by atoms with Gasteiger partial charge in [0.2, 0.25) is 0 Å². The van der Waals surface area contributed by atoms with Crippen LogP contribution in [0.25, 0.3) is 0 Å². The number of nitrogens with zero attached hydrogens (tertiary/aromatic N) is 1. The summed E-state index contributed by atoms with van der Waals surface area (Å²) in [6, 6.07) is 0. The zero-order chi connectivity index (χ0) is 10.8. The molecule has 0 bridgehead atoms. The van der Waals surface area contributed by atoms with E-state index in [4.69, 9.17) is 5.11 Å². The first-order chi connectivity index (χ1) is 7.16. The number of hydrogen-bond donors (Lipinski definition) is 3. The van der Waals surface area contributed by atoms with Crippen LogP contribution in [-0.4, -0.2) is 28.0 Å². The van der Waals surface area contributed by atoms with Crippen molar-refractivity contribution in [1.29, 1.82) is 0 Å². The number of H-pyrrole nitrogens is 1. The Kier molecular flexibility index (Phi) is 3.06. The van der Waals surface area contributed by atoms with Crippen LogP contribution in [0.4, 0.5) is 5.69 Å². The molecular weight excluding hydrogens is 262 g/mol. The van der Waals surface area contributed by atoms with Crippen molar-refractivity contribution in [2.45, 2.75) is 18.9 Å². The van der Waals surface area contributed by atoms with E-state index in [1.54, 1.807) is 6.20 Å². The van der Waals surface area contributed by atoms with Crippen molar-refractivity contribution in [3.63, 3.8) is 0 Å². The first-order valence-corrected chi connectivity index (χ1v) is 5.61. The van der Waals surface area contributed by atoms with Crippen molar-refractivity contribution >= 4 is 21.6 Å². The second kappa shape index (κ2) is 4.32. The molecule has 1 saturated carbocycles. The summed E-state index contributed by atoms with van der Waals surface area (Å²) in [5.41, 5.74) is 0.453. The van der Waals surface area contributed by atoms with Crippen molar-refractivity contribution in [3.8, 4) is 0 Å². The molecule has 0 spiro atoms. The van der Waals surface area contributed by atoms with Crippen molar-refractivity contribution < 1.29 is 5.11 Å². The highest BCUT2D eigenvalue weighted by Crippen LogP contribution is 2.27. The number of aliphatic hydroxyl groups is 1. The molecule has 0 saturated heterocycles. The Labute approximate surface area is 95.0 Å². The lowest BCUT2D eigenvalue weighted by atomic mass is 9.82. The molecule has 2 rings (SSSR count). The number of hydrogen-bond acceptors (Lipinski definition) is 4. The van der Waals surface area contributed by atoms with Gasteiger partial charge >= 0.3 is 0 Å². The first kappa shape index (κ1) is 10.6. The molecule has 1 aromatic rings. The summed E-state index contributed by atoms with van der Waals surface area (Å²) in [5, 5.41) is 18.3. The van der Waals surface area contributed by atoms with Gasteiger partial charge in [-0.15, -0.1) is 0 Å². The molecule has 3 N–H and O–H groups in total. The van der Waals surface area contributed by atoms with Gasteiger partial charge < -0.3 is 10.4 Å². The molecule has 82 valence electrons. The predicted octanol–water partition coefficient (Wildman–Crippen LogP) is 0.715. The third-order valence-corrected chi connectivity index (χ3v) is 3.37. The molecule has 1 fully saturated rings. The van der Waals surface area contributed by atoms with Gasteiger partial charge in [-0.05, 0) is 34.7 Å². The molecule has 1 aliphatic rings. The van der Waals surface area contributed by atoms with Gasteiger partial charge in [0.05, 0.1) is 18.0 Å². The molecule has 15 heavy (non-hydrogen) atoms. The fourth-order valence-electron chi connectivity index (χ4n) is 1.63. The second-order valence-corrected chi connectivity index (χ2v) is 4.59. The first-order valence-electron chi connectivity index (χ1n) is 4.82. The highest BCUT2D eigenvalue weighted by molar-refractivity contribution is 9.10. The second-order valence-electron chi connectivity index (χ2n) is 3.80. The number of halogens is 1. The fourth-order valence-corrected chi connectivity index (χ4v) is 1.96. The molecule has 0 unspecified atom stereocenters. The Bertz CT molecular complexity index is 401. The summed E-state index contributed by atoms with van der Waals surface area (Å²) in [5.74, 6) is 0.492. The van der Waals surface area contributed by atoms with E-state index in [0.29, 0.717) is 16.1 Å². The molecule has 0 aromatic carbocycles. The Morgan fingerprint density at radius 1 is 1.67 bits per heavy atom. The van der Waals surface area contributed by atoms with Crippen molar-refractivity contribution in [2.75, 3.05) is 11.9 Å². The van der Waals surface area contributed by atoms with Crippen LogP contribution in [0.1, 0.15) is 12.8 Å². The maximum absolute atomic E-state index is 11.2. The minimum atomic E-state index is -0.242. The Balaban J connectivity index is 1.93. The standard InChI is InChI=1S/C9H12BrN3O2/c10-8-7(4-12-13-9(8)15)11-3-5-1-6(14)2-5/h4-6,14H,1-3H2,(H2,11,13,15). The van der Waals surface area contributed by atoms with E-state index < -0.39 is 0 Å². The highest BCUT2D eigenvalue weighted by atomic mass is 79.9. The monoisotopic (exact) mass is 273 g/mol. The van der Waals surface area contributed by atoms with Gasteiger partial charge in [-0.3, -0.25) is 4.79 Å². The number of nitrogens with one attached hydrogen (secondary N) is 2. The van der Waals surface area contributed by atoms with E-state index in [0.717, 1.165) is 19.4 Å². The lowest BCUT2D eigenvalue weighted by Gasteiger charge is -2.31. The van der Waals surface area contributed by atoms with Crippen LogP contribution in [0.2, 0.25) is 0 Å². The van der Waals surface area contributed by atoms with Crippen molar-refractivity contribution in [3.05, 3.63) is 21.0 Å². The molecule has 6 heteroatoms. The van der Waals surface area contributed by atoms with Gasteiger partial charge in [0, 0.05) is 6.54 Å². The topological polar surface area (TPSA) is 78.0 Å². The summed E-state index contributed by atoms with van der Waals surface area (Å²) >= 11 is 3.19. The van der Waals surface area contributed by atoms with Crippen LogP contribution >= 0.6 is 15.9 Å². The van der Waals surface area contributed by atoms with Gasteiger partial charge in [0.1, 0.15) is 4.47 Å². The summed E-state index contributed by atoms with van der Waals surface area (Å²) in [6.45, 7) is 0.765. The predicted molar refractivity (Wildman–Crippen MR) is 59.8 cm³/mol. The third kappa shape index (κ3) is 2.38. The van der Waals surface area contributed by atoms with Crippen molar-refractivity contribution in [1.82, 2.24) is 10.2 Å². The van der Waals surface area contributed by atoms with Crippen LogP contribution in [-0.2, 0) is 0 Å². The number of aliphatic hydroxyl groups excluding tert-OH is 1. The molecule has 1 heterocycles. The summed E-state index contributed by atoms with van der Waals surface area (Å²) in [4.78, 5) is 11.2. The zero-order valence-electron chi connectivity index (χ0n) is 8.03. The normalized spacial score (nSPS) is 24.7. The van der Waals surface area contributed by atoms with E-state index in [2.05, 4.69) is 31.4 Å². The smallest absolute Gasteiger partial charge is 0.280 e. The quantitative estimate of drug-likeness (QED) is 0.758. The molecule has 1 aromatic heterocycles. The van der Waals surface area contributed by atoms with E-state index in [-0.39, 0.29) is 11.7 Å². The van der Waals surface area contributed by atoms with Crippen LogP contribution < -0.4 is 10.9 Å². The lowest BCUT2D eigenvalue weighted by molar-refractivity contribution is 0.0487. The number of aromatic nitrogens is 2. The minimum Gasteiger partial charge on any atom is -0.393 e. The largest absolute Gasteiger partial charge is 0.393 e. The Morgan fingerprint density at radius 2 is 2.40 bits per heavy atom. The van der Waals surface area contributed by atoms with Gasteiger partial charge in [-0.1, -0.05) is 0 Å². The fraction of sp³-hybridized carbons (Fsp3) is 0.556. The number of rotatable bonds is 3. The van der Waals surface area contributed by atoms with Crippen LogP contribution in [0, 0.1) is 5.92 Å². The van der Waals surface area contributed by atoms with Gasteiger partial charge in [0.25, 0.3) is 5.56 Å². The minimum absolute atomic E-state index is 0.141. The SMILES string of the molecule is O=c1[nH]ncc(NCC2CC(O)C2)c1Br. The van der Waals surface area contributed by atoms with E-state index in [1.807, 2.05) is 0 Å². The Hall–Kier alpha value is -0.880. The molecule has 0 atom stereocenters. The molecule has 0 radical (unpaired) electrons. The third-order valence-electron chi connectivity index (χ3n) is 2.59. The average molecular weight is 274 g/mol. The van der Waals surface area contributed by atoms with Gasteiger partial charge in [0.15, 0.2) is 0 Å². The van der Waals surface area contributed by atoms with Gasteiger partial charge in [-0.2, -0.15) is 5.10 Å². The zero-order valence-corrected chi connectivity index (χ0v) is 9.62. The molecular formula is C9H12BrN3O2. The molecule has 0 amide bonds. The van der Waals surface area contributed by atoms with E-state index in [9.17, 15) is 4.79 Å². The van der Waals surface area contributed by atoms with Crippen molar-refractivity contribution in [2.24, 2.45) is 5.92 Å². The van der Waals surface area contributed by atoms with Crippen LogP contribution in [0.3, 0.4) is 0 Å². The summed E-state index contributed by atoms with van der Waals surface area (Å²) < 4.78 is 0.470. The van der Waals surface area contributed by atoms with E-state index in [1.165, 1.54) is 0 Å². The summed E-state index contributed by atoms with van der Waals surface area (Å²) in [6.07, 6.45) is 3.10. The highest BCUT2D eigenvalue weighted by Gasteiger charge is 2.26. The van der Waals surface area contributed by atoms with Gasteiger partial charge in [-0.25, -0.2) is 5.10 Å². The average Bonchev–Trinajstić information content (AvgIpc) is 2.17. The van der Waals surface area contributed by atoms with E-state index >= 15 is 0 Å². The molecule has 0 aliphatic heterocycles. The maximum atomic E-state index is 11.2. The van der Waals surface area contributed by atoms with Crippen LogP contribution in [0.15, 0.2) is 15.5 Å². The maximum Gasteiger partial charge on any atom is 0.280 e. The number of aromatic amines is 1.